The standard InChI is InChI=1S/C19H21IN4O2/c1-5-13-9-15(18(26)10-17(13)25)19-22-21-12(3)24(19)14-6-7-16(23(4)20)11(2)8-14/h6-10,25-26H,5H2,1-4H3. The number of phenolic OH excluding ortho intramolecular Hbond substituents is 2. The van der Waals surface area contributed by atoms with Crippen molar-refractivity contribution in [2.75, 3.05) is 10.2 Å². The molecule has 2 N–H and O–H groups in total. The second-order valence-corrected chi connectivity index (χ2v) is 7.65. The van der Waals surface area contributed by atoms with Gasteiger partial charge in [0.1, 0.15) is 17.3 Å². The largest absolute Gasteiger partial charge is 0.508 e. The van der Waals surface area contributed by atoms with E-state index in [1.807, 2.05) is 34.6 Å². The fraction of sp³-hybridized carbons (Fsp3) is 0.263. The molecule has 7 heteroatoms. The van der Waals surface area contributed by atoms with Crippen molar-refractivity contribution in [3.63, 3.8) is 0 Å². The van der Waals surface area contributed by atoms with Gasteiger partial charge in [-0.3, -0.25) is 4.57 Å². The maximum absolute atomic E-state index is 10.4. The number of rotatable bonds is 4. The summed E-state index contributed by atoms with van der Waals surface area (Å²) in [7, 11) is 2.00. The van der Waals surface area contributed by atoms with Crippen LogP contribution in [0.4, 0.5) is 5.69 Å². The number of anilines is 1. The Labute approximate surface area is 166 Å². The van der Waals surface area contributed by atoms with Crippen molar-refractivity contribution in [2.45, 2.75) is 27.2 Å². The summed E-state index contributed by atoms with van der Waals surface area (Å²) in [4.78, 5) is 0. The van der Waals surface area contributed by atoms with E-state index in [0.29, 0.717) is 17.8 Å². The molecular formula is C19H21IN4O2. The molecule has 0 saturated heterocycles. The number of aryl methyl sites for hydroxylation is 3. The lowest BCUT2D eigenvalue weighted by atomic mass is 10.1. The van der Waals surface area contributed by atoms with E-state index < -0.39 is 0 Å². The highest BCUT2D eigenvalue weighted by molar-refractivity contribution is 14.1. The van der Waals surface area contributed by atoms with Crippen molar-refractivity contribution in [3.05, 3.63) is 47.3 Å². The highest BCUT2D eigenvalue weighted by Gasteiger charge is 2.18. The maximum atomic E-state index is 10.4. The zero-order chi connectivity index (χ0) is 19.0. The predicted octanol–water partition coefficient (Wildman–Crippen LogP) is 4.31. The molecule has 3 rings (SSSR count). The zero-order valence-corrected chi connectivity index (χ0v) is 17.3. The van der Waals surface area contributed by atoms with Crippen LogP contribution in [0.2, 0.25) is 0 Å². The number of nitrogens with zero attached hydrogens (tertiary/aromatic N) is 4. The predicted molar refractivity (Wildman–Crippen MR) is 111 cm³/mol. The molecule has 0 saturated carbocycles. The Kier molecular flexibility index (Phi) is 5.08. The van der Waals surface area contributed by atoms with Gasteiger partial charge >= 0.3 is 0 Å². The molecule has 0 atom stereocenters. The topological polar surface area (TPSA) is 74.4 Å². The van der Waals surface area contributed by atoms with Crippen LogP contribution in [0.1, 0.15) is 23.9 Å². The number of halogens is 1. The smallest absolute Gasteiger partial charge is 0.172 e. The van der Waals surface area contributed by atoms with Crippen LogP contribution >= 0.6 is 22.9 Å². The molecule has 0 radical (unpaired) electrons. The molecule has 1 aromatic heterocycles. The third-order valence-electron chi connectivity index (χ3n) is 4.41. The summed E-state index contributed by atoms with van der Waals surface area (Å²) in [6.45, 7) is 5.89. The quantitative estimate of drug-likeness (QED) is 0.445. The van der Waals surface area contributed by atoms with Crippen LogP contribution < -0.4 is 3.11 Å². The van der Waals surface area contributed by atoms with Crippen LogP contribution in [0.5, 0.6) is 11.5 Å². The van der Waals surface area contributed by atoms with E-state index in [9.17, 15) is 10.2 Å². The van der Waals surface area contributed by atoms with Gasteiger partial charge in [-0.1, -0.05) is 6.92 Å². The van der Waals surface area contributed by atoms with E-state index >= 15 is 0 Å². The molecule has 0 amide bonds. The van der Waals surface area contributed by atoms with Crippen molar-refractivity contribution in [1.82, 2.24) is 14.8 Å². The van der Waals surface area contributed by atoms with Crippen molar-refractivity contribution < 1.29 is 10.2 Å². The van der Waals surface area contributed by atoms with Crippen LogP contribution in [0.3, 0.4) is 0 Å². The molecule has 3 aromatic rings. The monoisotopic (exact) mass is 464 g/mol. The lowest BCUT2D eigenvalue weighted by Gasteiger charge is -2.16. The normalized spacial score (nSPS) is 11.0. The van der Waals surface area contributed by atoms with E-state index in [-0.39, 0.29) is 11.5 Å². The highest BCUT2D eigenvalue weighted by Crippen LogP contribution is 2.36. The first-order valence-corrected chi connectivity index (χ1v) is 9.27. The summed E-state index contributed by atoms with van der Waals surface area (Å²) >= 11 is 2.24. The van der Waals surface area contributed by atoms with E-state index in [2.05, 4.69) is 52.1 Å². The van der Waals surface area contributed by atoms with Crippen LogP contribution in [-0.2, 0) is 6.42 Å². The first-order chi connectivity index (χ1) is 12.3. The van der Waals surface area contributed by atoms with Gasteiger partial charge in [0, 0.05) is 24.5 Å². The molecule has 136 valence electrons. The number of phenols is 2. The molecule has 0 spiro atoms. The Hall–Kier alpha value is -2.29. The Morgan fingerprint density at radius 1 is 1.08 bits per heavy atom. The molecular weight excluding hydrogens is 443 g/mol. The Bertz CT molecular complexity index is 966. The van der Waals surface area contributed by atoms with Crippen molar-refractivity contribution in [2.24, 2.45) is 0 Å². The summed E-state index contributed by atoms with van der Waals surface area (Å²) < 4.78 is 3.95. The van der Waals surface area contributed by atoms with Crippen molar-refractivity contribution in [1.29, 1.82) is 0 Å². The van der Waals surface area contributed by atoms with Crippen LogP contribution in [0.25, 0.3) is 17.1 Å². The van der Waals surface area contributed by atoms with Gasteiger partial charge in [-0.25, -0.2) is 0 Å². The lowest BCUT2D eigenvalue weighted by molar-refractivity contribution is 0.447. The first kappa shape index (κ1) is 18.5. The second-order valence-electron chi connectivity index (χ2n) is 6.21. The summed E-state index contributed by atoms with van der Waals surface area (Å²) in [5.41, 5.74) is 4.48. The number of hydrogen-bond donors (Lipinski definition) is 2. The average molecular weight is 464 g/mol. The van der Waals surface area contributed by atoms with Gasteiger partial charge in [-0.05, 0) is 55.7 Å². The van der Waals surface area contributed by atoms with Crippen molar-refractivity contribution in [3.8, 4) is 28.6 Å². The summed E-state index contributed by atoms with van der Waals surface area (Å²) in [6.07, 6.45) is 0.655. The molecule has 0 unspecified atom stereocenters. The lowest BCUT2D eigenvalue weighted by Crippen LogP contribution is -2.05. The van der Waals surface area contributed by atoms with Gasteiger partial charge in [-0.15, -0.1) is 10.2 Å². The Morgan fingerprint density at radius 3 is 2.42 bits per heavy atom. The minimum absolute atomic E-state index is 0.0197. The van der Waals surface area contributed by atoms with Gasteiger partial charge in [0.2, 0.25) is 0 Å². The van der Waals surface area contributed by atoms with Crippen LogP contribution in [0.15, 0.2) is 30.3 Å². The maximum Gasteiger partial charge on any atom is 0.172 e. The number of benzene rings is 2. The molecule has 2 aromatic carbocycles. The zero-order valence-electron chi connectivity index (χ0n) is 15.2. The van der Waals surface area contributed by atoms with Crippen LogP contribution in [0, 0.1) is 13.8 Å². The number of hydrogen-bond acceptors (Lipinski definition) is 5. The average Bonchev–Trinajstić information content (AvgIpc) is 2.96. The fourth-order valence-corrected chi connectivity index (χ4v) is 3.60. The van der Waals surface area contributed by atoms with E-state index in [0.717, 1.165) is 28.3 Å². The molecule has 6 nitrogen and oxygen atoms in total. The van der Waals surface area contributed by atoms with Gasteiger partial charge in [0.05, 0.1) is 28.4 Å². The summed E-state index contributed by atoms with van der Waals surface area (Å²) in [5, 5.41) is 28.8. The Balaban J connectivity index is 2.19. The molecule has 0 fully saturated rings. The van der Waals surface area contributed by atoms with Crippen LogP contribution in [-0.4, -0.2) is 32.0 Å². The van der Waals surface area contributed by atoms with E-state index in [1.54, 1.807) is 6.07 Å². The highest BCUT2D eigenvalue weighted by atomic mass is 127. The Morgan fingerprint density at radius 2 is 1.81 bits per heavy atom. The van der Waals surface area contributed by atoms with Crippen molar-refractivity contribution >= 4 is 28.6 Å². The van der Waals surface area contributed by atoms with Gasteiger partial charge in [-0.2, -0.15) is 0 Å². The first-order valence-electron chi connectivity index (χ1n) is 8.31. The fourth-order valence-electron chi connectivity index (χ4n) is 3.05. The molecule has 1 heterocycles. The molecule has 26 heavy (non-hydrogen) atoms. The third-order valence-corrected chi connectivity index (χ3v) is 4.93. The summed E-state index contributed by atoms with van der Waals surface area (Å²) in [6, 6.07) is 9.26. The molecule has 0 bridgehead atoms. The summed E-state index contributed by atoms with van der Waals surface area (Å²) in [5.74, 6) is 1.33. The third kappa shape index (κ3) is 3.23. The van der Waals surface area contributed by atoms with E-state index in [1.165, 1.54) is 6.07 Å². The minimum atomic E-state index is -0.0197. The molecule has 0 aliphatic rings. The van der Waals surface area contributed by atoms with E-state index in [4.69, 9.17) is 0 Å². The van der Waals surface area contributed by atoms with Gasteiger partial charge in [0.25, 0.3) is 0 Å². The van der Waals surface area contributed by atoms with Gasteiger partial charge in [0.15, 0.2) is 5.82 Å². The molecule has 0 aliphatic carbocycles. The van der Waals surface area contributed by atoms with Gasteiger partial charge < -0.3 is 13.3 Å². The SMILES string of the molecule is CCc1cc(-c2nnc(C)n2-c2ccc(N(C)I)c(C)c2)c(O)cc1O. The molecule has 0 aliphatic heterocycles. The second kappa shape index (κ2) is 7.14. The number of aromatic hydroxyl groups is 2. The minimum Gasteiger partial charge on any atom is -0.508 e. The number of aromatic nitrogens is 3.